The van der Waals surface area contributed by atoms with Crippen molar-refractivity contribution in [1.82, 2.24) is 10.3 Å². The molecule has 1 aromatic heterocycles. The van der Waals surface area contributed by atoms with Crippen LogP contribution < -0.4 is 15.6 Å². The SMILES string of the molecule is C=C/C=C(\C)Cl.CCC1=CC2=C(CC(NCCc3ccc(OCc4ccccc4)c4[nH]c(=O)ccc34)C2)CC1CC. The number of nitrogens with one attached hydrogen (secondary N) is 2. The summed E-state index contributed by atoms with van der Waals surface area (Å²) in [5.74, 6) is 1.46. The molecular weight excluding hydrogens is 528 g/mol. The standard InChI is InChI=1S/C31H36N2O2.C5H7Cl/c1-3-22-16-25-18-27(19-26(25)17-23(22)4-2)32-15-14-24-10-12-29(31-28(24)11-13-30(34)33-31)35-20-21-8-6-5-7-9-21;1-3-4-5(2)6/h5-13,16,23,27,32H,3-4,14-15,17-20H2,1-2H3,(H,33,34);3-4H,1H2,2H3/b;5-4+. The maximum Gasteiger partial charge on any atom is 0.248 e. The lowest BCUT2D eigenvalue weighted by Gasteiger charge is -2.24. The molecule has 3 aromatic rings. The van der Waals surface area contributed by atoms with Crippen LogP contribution in [0.2, 0.25) is 0 Å². The molecule has 2 aliphatic carbocycles. The molecule has 1 heterocycles. The van der Waals surface area contributed by atoms with Gasteiger partial charge in [-0.05, 0) is 92.8 Å². The van der Waals surface area contributed by atoms with E-state index in [1.807, 2.05) is 49.4 Å². The van der Waals surface area contributed by atoms with Gasteiger partial charge in [-0.1, -0.05) is 91.7 Å². The van der Waals surface area contributed by atoms with Crippen molar-refractivity contribution in [3.63, 3.8) is 0 Å². The van der Waals surface area contributed by atoms with Gasteiger partial charge in [0.2, 0.25) is 5.56 Å². The normalized spacial score (nSPS) is 18.4. The maximum atomic E-state index is 12.1. The largest absolute Gasteiger partial charge is 0.487 e. The molecule has 0 spiro atoms. The number of fused-ring (bicyclic) bond motifs is 1. The number of hydrogen-bond donors (Lipinski definition) is 2. The lowest BCUT2D eigenvalue weighted by Crippen LogP contribution is -2.29. The van der Waals surface area contributed by atoms with Crippen molar-refractivity contribution < 1.29 is 4.74 Å². The number of halogens is 1. The van der Waals surface area contributed by atoms with Crippen LogP contribution in [-0.4, -0.2) is 17.6 Å². The molecule has 2 N–H and O–H groups in total. The summed E-state index contributed by atoms with van der Waals surface area (Å²) in [6.07, 6.45) is 12.8. The van der Waals surface area contributed by atoms with E-state index in [9.17, 15) is 4.79 Å². The first kappa shape index (κ1) is 30.6. The van der Waals surface area contributed by atoms with E-state index in [-0.39, 0.29) is 5.56 Å². The minimum Gasteiger partial charge on any atom is -0.487 e. The van der Waals surface area contributed by atoms with Gasteiger partial charge in [-0.3, -0.25) is 4.79 Å². The third-order valence-electron chi connectivity index (χ3n) is 8.05. The van der Waals surface area contributed by atoms with E-state index in [2.05, 4.69) is 42.9 Å². The van der Waals surface area contributed by atoms with Gasteiger partial charge in [0.15, 0.2) is 0 Å². The molecule has 2 aromatic carbocycles. The zero-order valence-electron chi connectivity index (χ0n) is 24.6. The Morgan fingerprint density at radius 3 is 2.59 bits per heavy atom. The predicted octanol–water partition coefficient (Wildman–Crippen LogP) is 8.78. The molecule has 0 saturated heterocycles. The summed E-state index contributed by atoms with van der Waals surface area (Å²) in [4.78, 5) is 15.1. The smallest absolute Gasteiger partial charge is 0.248 e. The second kappa shape index (κ2) is 15.0. The average Bonchev–Trinajstić information content (AvgIpc) is 3.38. The van der Waals surface area contributed by atoms with E-state index in [4.69, 9.17) is 16.3 Å². The van der Waals surface area contributed by atoms with Crippen LogP contribution in [0.15, 0.2) is 106 Å². The minimum absolute atomic E-state index is 0.107. The van der Waals surface area contributed by atoms with Crippen molar-refractivity contribution in [3.8, 4) is 5.75 Å². The van der Waals surface area contributed by atoms with Gasteiger partial charge in [-0.15, -0.1) is 0 Å². The molecule has 216 valence electrons. The van der Waals surface area contributed by atoms with Crippen LogP contribution in [0.3, 0.4) is 0 Å². The summed E-state index contributed by atoms with van der Waals surface area (Å²) in [7, 11) is 0. The molecule has 5 rings (SSSR count). The van der Waals surface area contributed by atoms with Gasteiger partial charge in [0.25, 0.3) is 0 Å². The van der Waals surface area contributed by atoms with Gasteiger partial charge in [0.1, 0.15) is 12.4 Å². The van der Waals surface area contributed by atoms with Crippen LogP contribution in [0.5, 0.6) is 5.75 Å². The molecule has 2 unspecified atom stereocenters. The van der Waals surface area contributed by atoms with E-state index in [1.54, 1.807) is 34.9 Å². The number of hydrogen-bond acceptors (Lipinski definition) is 3. The van der Waals surface area contributed by atoms with Crippen molar-refractivity contribution in [2.75, 3.05) is 6.54 Å². The first-order valence-corrected chi connectivity index (χ1v) is 15.2. The molecular formula is C36H43ClN2O2. The number of benzene rings is 2. The third kappa shape index (κ3) is 8.34. The van der Waals surface area contributed by atoms with E-state index < -0.39 is 0 Å². The lowest BCUT2D eigenvalue weighted by molar-refractivity contribution is 0.309. The lowest BCUT2D eigenvalue weighted by atomic mass is 9.82. The maximum absolute atomic E-state index is 12.1. The van der Waals surface area contributed by atoms with Gasteiger partial charge >= 0.3 is 0 Å². The Morgan fingerprint density at radius 1 is 1.10 bits per heavy atom. The van der Waals surface area contributed by atoms with Crippen molar-refractivity contribution in [1.29, 1.82) is 0 Å². The van der Waals surface area contributed by atoms with Crippen LogP contribution in [0.1, 0.15) is 64.0 Å². The summed E-state index contributed by atoms with van der Waals surface area (Å²) in [6, 6.07) is 18.3. The predicted molar refractivity (Wildman–Crippen MR) is 174 cm³/mol. The molecule has 2 atom stereocenters. The Bertz CT molecular complexity index is 1480. The molecule has 2 aliphatic rings. The van der Waals surface area contributed by atoms with Gasteiger partial charge in [0, 0.05) is 22.5 Å². The summed E-state index contributed by atoms with van der Waals surface area (Å²) in [6.45, 7) is 11.3. The Balaban J connectivity index is 0.000000585. The highest BCUT2D eigenvalue weighted by Gasteiger charge is 2.28. The number of rotatable bonds is 10. The summed E-state index contributed by atoms with van der Waals surface area (Å²) < 4.78 is 6.09. The monoisotopic (exact) mass is 570 g/mol. The summed E-state index contributed by atoms with van der Waals surface area (Å²) in [5.41, 5.74) is 7.91. The van der Waals surface area contributed by atoms with Crippen molar-refractivity contribution in [3.05, 3.63) is 123 Å². The molecule has 0 fully saturated rings. The number of pyridine rings is 1. The summed E-state index contributed by atoms with van der Waals surface area (Å²) in [5, 5.41) is 5.64. The highest BCUT2D eigenvalue weighted by molar-refractivity contribution is 6.29. The highest BCUT2D eigenvalue weighted by Crippen LogP contribution is 2.41. The fraction of sp³-hybridized carbons (Fsp3) is 0.361. The fourth-order valence-electron chi connectivity index (χ4n) is 5.93. The first-order valence-electron chi connectivity index (χ1n) is 14.8. The molecule has 0 aliphatic heterocycles. The number of ether oxygens (including phenoxy) is 1. The fourth-order valence-corrected chi connectivity index (χ4v) is 6.02. The number of aromatic nitrogens is 1. The van der Waals surface area contributed by atoms with E-state index >= 15 is 0 Å². The molecule has 0 amide bonds. The average molecular weight is 571 g/mol. The van der Waals surface area contributed by atoms with Gasteiger partial charge in [-0.25, -0.2) is 0 Å². The Kier molecular flexibility index (Phi) is 11.2. The second-order valence-corrected chi connectivity index (χ2v) is 11.5. The third-order valence-corrected chi connectivity index (χ3v) is 8.18. The topological polar surface area (TPSA) is 54.1 Å². The van der Waals surface area contributed by atoms with E-state index in [0.29, 0.717) is 12.6 Å². The Hall–Kier alpha value is -3.34. The molecule has 5 heteroatoms. The zero-order chi connectivity index (χ0) is 29.2. The van der Waals surface area contributed by atoms with Gasteiger partial charge in [-0.2, -0.15) is 0 Å². The Morgan fingerprint density at radius 2 is 1.90 bits per heavy atom. The van der Waals surface area contributed by atoms with Crippen LogP contribution in [0.25, 0.3) is 10.9 Å². The zero-order valence-corrected chi connectivity index (χ0v) is 25.4. The molecule has 4 nitrogen and oxygen atoms in total. The quantitative estimate of drug-likeness (QED) is 0.239. The van der Waals surface area contributed by atoms with Crippen LogP contribution >= 0.6 is 11.6 Å². The number of H-pyrrole nitrogens is 1. The van der Waals surface area contributed by atoms with Crippen LogP contribution in [0.4, 0.5) is 0 Å². The molecule has 0 saturated carbocycles. The number of allylic oxidation sites excluding steroid dienone is 5. The highest BCUT2D eigenvalue weighted by atomic mass is 35.5. The van der Waals surface area contributed by atoms with E-state index in [0.717, 1.165) is 52.6 Å². The van der Waals surface area contributed by atoms with Crippen molar-refractivity contribution in [2.24, 2.45) is 5.92 Å². The van der Waals surface area contributed by atoms with Gasteiger partial charge in [0.05, 0.1) is 5.52 Å². The van der Waals surface area contributed by atoms with E-state index in [1.165, 1.54) is 31.2 Å². The molecule has 0 bridgehead atoms. The van der Waals surface area contributed by atoms with Crippen molar-refractivity contribution >= 4 is 22.5 Å². The second-order valence-electron chi connectivity index (χ2n) is 10.9. The Labute approximate surface area is 249 Å². The number of aromatic amines is 1. The van der Waals surface area contributed by atoms with Crippen LogP contribution in [0, 0.1) is 5.92 Å². The minimum atomic E-state index is -0.107. The van der Waals surface area contributed by atoms with Crippen molar-refractivity contribution in [2.45, 2.75) is 71.9 Å². The van der Waals surface area contributed by atoms with Gasteiger partial charge < -0.3 is 15.0 Å². The molecule has 41 heavy (non-hydrogen) atoms. The molecule has 0 radical (unpaired) electrons. The van der Waals surface area contributed by atoms with Crippen LogP contribution in [-0.2, 0) is 13.0 Å². The first-order chi connectivity index (χ1) is 19.9. The summed E-state index contributed by atoms with van der Waals surface area (Å²) >= 11 is 5.37.